The van der Waals surface area contributed by atoms with Crippen LogP contribution in [0.1, 0.15) is 31.6 Å². The van der Waals surface area contributed by atoms with Crippen LogP contribution in [0.5, 0.6) is 0 Å². The van der Waals surface area contributed by atoms with E-state index in [1.807, 2.05) is 13.0 Å². The monoisotopic (exact) mass is 238 g/mol. The second kappa shape index (κ2) is 4.89. The fourth-order valence-corrected chi connectivity index (χ4v) is 1.91. The molecular formula is C12H18N2O3. The molecule has 1 atom stereocenters. The zero-order valence-electron chi connectivity index (χ0n) is 9.94. The molecule has 2 rings (SSSR count). The molecule has 0 aliphatic carbocycles. The van der Waals surface area contributed by atoms with Gasteiger partial charge in [-0.3, -0.25) is 4.79 Å². The molecule has 1 aliphatic heterocycles. The van der Waals surface area contributed by atoms with Crippen LogP contribution < -0.4 is 11.1 Å². The fourth-order valence-electron chi connectivity index (χ4n) is 1.91. The number of rotatable bonds is 3. The summed E-state index contributed by atoms with van der Waals surface area (Å²) < 4.78 is 10.4. The average molecular weight is 238 g/mol. The number of amides is 1. The Kier molecular flexibility index (Phi) is 3.49. The molecule has 1 aromatic rings. The number of hydrogen-bond donors (Lipinski definition) is 2. The van der Waals surface area contributed by atoms with Crippen LogP contribution in [0.25, 0.3) is 0 Å². The molecule has 0 unspecified atom stereocenters. The highest BCUT2D eigenvalue weighted by molar-refractivity contribution is 5.86. The third-order valence-corrected chi connectivity index (χ3v) is 3.15. The summed E-state index contributed by atoms with van der Waals surface area (Å²) in [6.07, 6.45) is 2.71. The van der Waals surface area contributed by atoms with Crippen LogP contribution in [0.2, 0.25) is 0 Å². The van der Waals surface area contributed by atoms with E-state index in [2.05, 4.69) is 5.32 Å². The molecule has 5 nitrogen and oxygen atoms in total. The highest BCUT2D eigenvalue weighted by Crippen LogP contribution is 2.20. The Balaban J connectivity index is 1.96. The third kappa shape index (κ3) is 2.68. The molecule has 0 bridgehead atoms. The maximum absolute atomic E-state index is 12.1. The number of ether oxygens (including phenoxy) is 1. The van der Waals surface area contributed by atoms with Gasteiger partial charge in [0, 0.05) is 13.2 Å². The molecule has 0 saturated carbocycles. The zero-order valence-corrected chi connectivity index (χ0v) is 9.94. The Morgan fingerprint density at radius 2 is 2.24 bits per heavy atom. The van der Waals surface area contributed by atoms with Crippen molar-refractivity contribution in [2.24, 2.45) is 5.73 Å². The largest absolute Gasteiger partial charge is 0.467 e. The van der Waals surface area contributed by atoms with Crippen molar-refractivity contribution < 1.29 is 13.9 Å². The van der Waals surface area contributed by atoms with Gasteiger partial charge in [0.2, 0.25) is 5.91 Å². The van der Waals surface area contributed by atoms with E-state index in [1.54, 1.807) is 12.3 Å². The van der Waals surface area contributed by atoms with E-state index >= 15 is 0 Å². The van der Waals surface area contributed by atoms with Crippen molar-refractivity contribution in [2.75, 3.05) is 13.2 Å². The van der Waals surface area contributed by atoms with Gasteiger partial charge in [-0.2, -0.15) is 0 Å². The van der Waals surface area contributed by atoms with Gasteiger partial charge in [-0.15, -0.1) is 0 Å². The molecule has 1 amide bonds. The van der Waals surface area contributed by atoms with Gasteiger partial charge in [0.1, 0.15) is 5.76 Å². The smallest absolute Gasteiger partial charge is 0.240 e. The molecule has 94 valence electrons. The zero-order chi connectivity index (χ0) is 12.3. The number of nitrogens with one attached hydrogen (secondary N) is 1. The molecule has 3 N–H and O–H groups in total. The summed E-state index contributed by atoms with van der Waals surface area (Å²) in [5.41, 5.74) is 5.28. The minimum absolute atomic E-state index is 0.135. The van der Waals surface area contributed by atoms with Crippen LogP contribution in [-0.4, -0.2) is 24.7 Å². The molecule has 17 heavy (non-hydrogen) atoms. The standard InChI is InChI=1S/C12H18N2O3/c1-9(10-3-2-6-17-10)14-11(15)12(13)4-7-16-8-5-12/h2-3,6,9H,4-5,7-8,13H2,1H3,(H,14,15)/t9-/m0/s1. The molecule has 2 heterocycles. The van der Waals surface area contributed by atoms with Crippen LogP contribution >= 0.6 is 0 Å². The summed E-state index contributed by atoms with van der Waals surface area (Å²) in [5, 5.41) is 2.88. The van der Waals surface area contributed by atoms with E-state index in [1.165, 1.54) is 0 Å². The predicted octanol–water partition coefficient (Wildman–Crippen LogP) is 0.965. The van der Waals surface area contributed by atoms with Crippen molar-refractivity contribution in [1.82, 2.24) is 5.32 Å². The summed E-state index contributed by atoms with van der Waals surface area (Å²) in [6, 6.07) is 3.46. The van der Waals surface area contributed by atoms with E-state index in [-0.39, 0.29) is 11.9 Å². The summed E-state index contributed by atoms with van der Waals surface area (Å²) in [6.45, 7) is 2.96. The van der Waals surface area contributed by atoms with Crippen LogP contribution in [-0.2, 0) is 9.53 Å². The minimum Gasteiger partial charge on any atom is -0.467 e. The van der Waals surface area contributed by atoms with Crippen molar-refractivity contribution in [3.8, 4) is 0 Å². The van der Waals surface area contributed by atoms with E-state index in [4.69, 9.17) is 14.9 Å². The van der Waals surface area contributed by atoms with Gasteiger partial charge in [0.05, 0.1) is 17.8 Å². The molecule has 1 saturated heterocycles. The Labute approximate surface area is 100 Å². The van der Waals surface area contributed by atoms with Gasteiger partial charge >= 0.3 is 0 Å². The maximum atomic E-state index is 12.1. The number of carbonyl (C=O) groups is 1. The summed E-state index contributed by atoms with van der Waals surface area (Å²) in [7, 11) is 0. The van der Waals surface area contributed by atoms with Gasteiger partial charge in [0.15, 0.2) is 0 Å². The first-order valence-electron chi connectivity index (χ1n) is 5.83. The Morgan fingerprint density at radius 3 is 2.82 bits per heavy atom. The van der Waals surface area contributed by atoms with Crippen molar-refractivity contribution in [3.63, 3.8) is 0 Å². The fraction of sp³-hybridized carbons (Fsp3) is 0.583. The Hall–Kier alpha value is -1.33. The van der Waals surface area contributed by atoms with E-state index in [0.29, 0.717) is 26.1 Å². The SMILES string of the molecule is C[C@H](NC(=O)C1(N)CCOCC1)c1ccco1. The number of hydrogen-bond acceptors (Lipinski definition) is 4. The van der Waals surface area contributed by atoms with Crippen LogP contribution in [0.4, 0.5) is 0 Å². The second-order valence-electron chi connectivity index (χ2n) is 4.48. The quantitative estimate of drug-likeness (QED) is 0.822. The van der Waals surface area contributed by atoms with Crippen LogP contribution in [0.3, 0.4) is 0 Å². The lowest BCUT2D eigenvalue weighted by atomic mass is 9.90. The molecular weight excluding hydrogens is 220 g/mol. The van der Waals surface area contributed by atoms with Crippen molar-refractivity contribution in [3.05, 3.63) is 24.2 Å². The van der Waals surface area contributed by atoms with Gasteiger partial charge in [-0.25, -0.2) is 0 Å². The molecule has 0 radical (unpaired) electrons. The van der Waals surface area contributed by atoms with Gasteiger partial charge in [-0.05, 0) is 31.9 Å². The molecule has 0 spiro atoms. The van der Waals surface area contributed by atoms with Gasteiger partial charge in [-0.1, -0.05) is 0 Å². The average Bonchev–Trinajstić information content (AvgIpc) is 2.83. The first kappa shape index (κ1) is 12.1. The minimum atomic E-state index is -0.806. The van der Waals surface area contributed by atoms with E-state index < -0.39 is 5.54 Å². The van der Waals surface area contributed by atoms with Crippen molar-refractivity contribution >= 4 is 5.91 Å². The first-order valence-corrected chi connectivity index (χ1v) is 5.83. The maximum Gasteiger partial charge on any atom is 0.240 e. The van der Waals surface area contributed by atoms with E-state index in [9.17, 15) is 4.79 Å². The van der Waals surface area contributed by atoms with Crippen LogP contribution in [0, 0.1) is 0 Å². The number of furan rings is 1. The van der Waals surface area contributed by atoms with Crippen molar-refractivity contribution in [2.45, 2.75) is 31.3 Å². The third-order valence-electron chi connectivity index (χ3n) is 3.15. The number of nitrogens with two attached hydrogens (primary N) is 1. The highest BCUT2D eigenvalue weighted by Gasteiger charge is 2.36. The molecule has 1 aliphatic rings. The second-order valence-corrected chi connectivity index (χ2v) is 4.48. The summed E-state index contributed by atoms with van der Waals surface area (Å²) in [4.78, 5) is 12.1. The topological polar surface area (TPSA) is 77.5 Å². The highest BCUT2D eigenvalue weighted by atomic mass is 16.5. The summed E-state index contributed by atoms with van der Waals surface area (Å²) in [5.74, 6) is 0.596. The molecule has 5 heteroatoms. The lowest BCUT2D eigenvalue weighted by Crippen LogP contribution is -2.57. The molecule has 1 aromatic heterocycles. The predicted molar refractivity (Wildman–Crippen MR) is 62.2 cm³/mol. The normalized spacial score (nSPS) is 20.8. The number of carbonyl (C=O) groups excluding carboxylic acids is 1. The van der Waals surface area contributed by atoms with E-state index in [0.717, 1.165) is 5.76 Å². The first-order chi connectivity index (χ1) is 8.12. The molecule has 1 fully saturated rings. The van der Waals surface area contributed by atoms with Crippen molar-refractivity contribution in [1.29, 1.82) is 0 Å². The van der Waals surface area contributed by atoms with Gasteiger partial charge < -0.3 is 20.2 Å². The molecule has 0 aromatic carbocycles. The lowest BCUT2D eigenvalue weighted by molar-refractivity contribution is -0.130. The Bertz CT molecular complexity index is 369. The lowest BCUT2D eigenvalue weighted by Gasteiger charge is -2.32. The van der Waals surface area contributed by atoms with Gasteiger partial charge in [0.25, 0.3) is 0 Å². The summed E-state index contributed by atoms with van der Waals surface area (Å²) >= 11 is 0. The Morgan fingerprint density at radius 1 is 1.53 bits per heavy atom. The van der Waals surface area contributed by atoms with Crippen LogP contribution in [0.15, 0.2) is 22.8 Å².